The molecule has 0 spiro atoms. The lowest BCUT2D eigenvalue weighted by atomic mass is 10.3. The van der Waals surface area contributed by atoms with Crippen molar-refractivity contribution in [2.45, 2.75) is 32.8 Å². The minimum atomic E-state index is -0.345. The van der Waals surface area contributed by atoms with Crippen molar-refractivity contribution in [3.05, 3.63) is 30.1 Å². The molecule has 1 atom stereocenters. The van der Waals surface area contributed by atoms with E-state index in [4.69, 9.17) is 4.74 Å². The summed E-state index contributed by atoms with van der Waals surface area (Å²) in [5.41, 5.74) is 0. The highest BCUT2D eigenvalue weighted by Crippen LogP contribution is 2.16. The molecule has 4 nitrogen and oxygen atoms in total. The number of nitrogens with zero attached hydrogens (tertiary/aromatic N) is 1. The molecular formula is C17H28FN3OS. The number of rotatable bonds is 10. The molecule has 0 radical (unpaired) electrons. The van der Waals surface area contributed by atoms with Crippen LogP contribution < -0.4 is 15.4 Å². The predicted molar refractivity (Wildman–Crippen MR) is 98.1 cm³/mol. The molecule has 0 aliphatic rings. The number of hydrogen-bond donors (Lipinski definition) is 2. The molecule has 0 saturated heterocycles. The van der Waals surface area contributed by atoms with Gasteiger partial charge in [-0.1, -0.05) is 12.1 Å². The second-order valence-electron chi connectivity index (χ2n) is 5.21. The summed E-state index contributed by atoms with van der Waals surface area (Å²) in [5, 5.41) is 6.52. The van der Waals surface area contributed by atoms with Crippen molar-refractivity contribution < 1.29 is 9.13 Å². The van der Waals surface area contributed by atoms with E-state index in [2.05, 4.69) is 21.9 Å². The van der Waals surface area contributed by atoms with Crippen molar-refractivity contribution in [1.82, 2.24) is 10.6 Å². The quantitative estimate of drug-likeness (QED) is 0.389. The summed E-state index contributed by atoms with van der Waals surface area (Å²) in [7, 11) is 0. The van der Waals surface area contributed by atoms with E-state index in [0.717, 1.165) is 25.5 Å². The average molecular weight is 341 g/mol. The number of nitrogens with one attached hydrogen (secondary N) is 2. The maximum Gasteiger partial charge on any atom is 0.191 e. The number of halogens is 1. The highest BCUT2D eigenvalue weighted by atomic mass is 32.2. The van der Waals surface area contributed by atoms with Crippen LogP contribution in [0.4, 0.5) is 4.39 Å². The van der Waals surface area contributed by atoms with Crippen LogP contribution in [-0.4, -0.2) is 43.7 Å². The SMILES string of the molecule is CCNC(=NCC(C)Oc1ccccc1F)NCCCCSC. The topological polar surface area (TPSA) is 45.7 Å². The zero-order valence-electron chi connectivity index (χ0n) is 14.3. The molecule has 0 aliphatic heterocycles. The molecule has 6 heteroatoms. The Balaban J connectivity index is 2.41. The van der Waals surface area contributed by atoms with Gasteiger partial charge in [0.15, 0.2) is 17.5 Å². The fourth-order valence-corrected chi connectivity index (χ4v) is 2.43. The smallest absolute Gasteiger partial charge is 0.191 e. The van der Waals surface area contributed by atoms with Crippen molar-refractivity contribution in [1.29, 1.82) is 0 Å². The van der Waals surface area contributed by atoms with E-state index >= 15 is 0 Å². The molecule has 23 heavy (non-hydrogen) atoms. The summed E-state index contributed by atoms with van der Waals surface area (Å²) in [5.74, 6) is 1.89. The maximum atomic E-state index is 13.6. The summed E-state index contributed by atoms with van der Waals surface area (Å²) < 4.78 is 19.1. The van der Waals surface area contributed by atoms with Crippen LogP contribution in [0.15, 0.2) is 29.3 Å². The van der Waals surface area contributed by atoms with Crippen LogP contribution >= 0.6 is 11.8 Å². The molecule has 0 bridgehead atoms. The van der Waals surface area contributed by atoms with Crippen LogP contribution in [-0.2, 0) is 0 Å². The number of ether oxygens (including phenoxy) is 1. The molecule has 0 amide bonds. The van der Waals surface area contributed by atoms with Crippen molar-refractivity contribution in [3.8, 4) is 5.75 Å². The third-order valence-corrected chi connectivity index (χ3v) is 3.78. The number of hydrogen-bond acceptors (Lipinski definition) is 3. The molecule has 0 aliphatic carbocycles. The van der Waals surface area contributed by atoms with Gasteiger partial charge in [0, 0.05) is 13.1 Å². The van der Waals surface area contributed by atoms with Gasteiger partial charge in [0.1, 0.15) is 6.10 Å². The van der Waals surface area contributed by atoms with Crippen LogP contribution in [0.3, 0.4) is 0 Å². The maximum absolute atomic E-state index is 13.6. The predicted octanol–water partition coefficient (Wildman–Crippen LogP) is 3.29. The summed E-state index contributed by atoms with van der Waals surface area (Å²) >= 11 is 1.87. The van der Waals surface area contributed by atoms with Crippen LogP contribution in [0.25, 0.3) is 0 Å². The second-order valence-corrected chi connectivity index (χ2v) is 6.19. The molecular weight excluding hydrogens is 313 g/mol. The largest absolute Gasteiger partial charge is 0.486 e. The lowest BCUT2D eigenvalue weighted by Crippen LogP contribution is -2.38. The van der Waals surface area contributed by atoms with E-state index in [1.165, 1.54) is 18.2 Å². The van der Waals surface area contributed by atoms with Gasteiger partial charge in [0.25, 0.3) is 0 Å². The van der Waals surface area contributed by atoms with Crippen molar-refractivity contribution in [2.75, 3.05) is 31.6 Å². The number of benzene rings is 1. The van der Waals surface area contributed by atoms with Gasteiger partial charge >= 0.3 is 0 Å². The lowest BCUT2D eigenvalue weighted by molar-refractivity contribution is 0.220. The van der Waals surface area contributed by atoms with Gasteiger partial charge in [0.05, 0.1) is 6.54 Å². The second kappa shape index (κ2) is 12.0. The molecule has 0 saturated carbocycles. The Morgan fingerprint density at radius 3 is 2.78 bits per heavy atom. The Kier molecular flexibility index (Phi) is 10.3. The Labute approximate surface area is 143 Å². The first-order chi connectivity index (χ1) is 11.2. The molecule has 0 fully saturated rings. The molecule has 1 rings (SSSR count). The monoisotopic (exact) mass is 341 g/mol. The van der Waals surface area contributed by atoms with Gasteiger partial charge in [-0.15, -0.1) is 0 Å². The van der Waals surface area contributed by atoms with Gasteiger partial charge in [-0.3, -0.25) is 0 Å². The first kappa shape index (κ1) is 19.6. The summed E-state index contributed by atoms with van der Waals surface area (Å²) in [6.45, 7) is 6.09. The summed E-state index contributed by atoms with van der Waals surface area (Å²) in [6, 6.07) is 6.43. The van der Waals surface area contributed by atoms with E-state index in [0.29, 0.717) is 6.54 Å². The van der Waals surface area contributed by atoms with Gasteiger partial charge in [0.2, 0.25) is 0 Å². The fraction of sp³-hybridized carbons (Fsp3) is 0.588. The van der Waals surface area contributed by atoms with Gasteiger partial charge in [-0.2, -0.15) is 11.8 Å². The molecule has 0 heterocycles. The average Bonchev–Trinajstić information content (AvgIpc) is 2.54. The van der Waals surface area contributed by atoms with E-state index < -0.39 is 0 Å². The minimum Gasteiger partial charge on any atom is -0.486 e. The van der Waals surface area contributed by atoms with Crippen LogP contribution in [0.2, 0.25) is 0 Å². The molecule has 1 unspecified atom stereocenters. The summed E-state index contributed by atoms with van der Waals surface area (Å²) in [6.07, 6.45) is 4.24. The van der Waals surface area contributed by atoms with Crippen LogP contribution in [0, 0.1) is 5.82 Å². The minimum absolute atomic E-state index is 0.196. The number of thioether (sulfide) groups is 1. The van der Waals surface area contributed by atoms with E-state index in [1.807, 2.05) is 25.6 Å². The van der Waals surface area contributed by atoms with Gasteiger partial charge in [-0.25, -0.2) is 9.38 Å². The van der Waals surface area contributed by atoms with Gasteiger partial charge < -0.3 is 15.4 Å². The number of para-hydroxylation sites is 1. The third kappa shape index (κ3) is 8.69. The first-order valence-electron chi connectivity index (χ1n) is 8.09. The Hall–Kier alpha value is -1.43. The normalized spacial score (nSPS) is 12.8. The highest BCUT2D eigenvalue weighted by Gasteiger charge is 2.08. The highest BCUT2D eigenvalue weighted by molar-refractivity contribution is 7.98. The number of aliphatic imine (C=N–C) groups is 1. The van der Waals surface area contributed by atoms with Crippen LogP contribution in [0.1, 0.15) is 26.7 Å². The van der Waals surface area contributed by atoms with E-state index in [1.54, 1.807) is 18.2 Å². The first-order valence-corrected chi connectivity index (χ1v) is 9.49. The number of unbranched alkanes of at least 4 members (excludes halogenated alkanes) is 1. The fourth-order valence-electron chi connectivity index (χ4n) is 1.93. The standard InChI is InChI=1S/C17H28FN3OS/c1-4-19-17(20-11-7-8-12-23-3)21-13-14(2)22-16-10-6-5-9-15(16)18/h5-6,9-10,14H,4,7-8,11-13H2,1-3H3,(H2,19,20,21). The molecule has 1 aromatic carbocycles. The number of guanidine groups is 1. The van der Waals surface area contributed by atoms with Crippen molar-refractivity contribution in [2.24, 2.45) is 4.99 Å². The van der Waals surface area contributed by atoms with E-state index in [-0.39, 0.29) is 17.7 Å². The van der Waals surface area contributed by atoms with Gasteiger partial charge in [-0.05, 0) is 50.8 Å². The van der Waals surface area contributed by atoms with Crippen molar-refractivity contribution in [3.63, 3.8) is 0 Å². The van der Waals surface area contributed by atoms with Crippen molar-refractivity contribution >= 4 is 17.7 Å². The molecule has 2 N–H and O–H groups in total. The lowest BCUT2D eigenvalue weighted by Gasteiger charge is -2.15. The van der Waals surface area contributed by atoms with Crippen LogP contribution in [0.5, 0.6) is 5.75 Å². The molecule has 0 aromatic heterocycles. The zero-order chi connectivity index (χ0) is 16.9. The Bertz CT molecular complexity index is 471. The summed E-state index contributed by atoms with van der Waals surface area (Å²) in [4.78, 5) is 4.50. The Morgan fingerprint density at radius 1 is 1.30 bits per heavy atom. The third-order valence-electron chi connectivity index (χ3n) is 3.08. The zero-order valence-corrected chi connectivity index (χ0v) is 15.1. The Morgan fingerprint density at radius 2 is 2.09 bits per heavy atom. The molecule has 1 aromatic rings. The van der Waals surface area contributed by atoms with E-state index in [9.17, 15) is 4.39 Å². The molecule has 130 valence electrons.